The Balaban J connectivity index is 0.000000195. The molecule has 0 bridgehead atoms. The van der Waals surface area contributed by atoms with Gasteiger partial charge in [0, 0.05) is 0 Å². The first kappa shape index (κ1) is 22.9. The Labute approximate surface area is 168 Å². The zero-order valence-electron chi connectivity index (χ0n) is 16.0. The average molecular weight is 471 g/mol. The largest absolute Gasteiger partial charge is 0.156 e. The van der Waals surface area contributed by atoms with E-state index in [-0.39, 0.29) is 5.43 Å². The summed E-state index contributed by atoms with van der Waals surface area (Å²) in [6, 6.07) is 21.3. The SMILES string of the molecule is CC(C)(C)c1cc[cH-]c1.C[Si](C)=[Zr]([Cl])[Cl].Cc1c[cH-]c2ccccc12. The van der Waals surface area contributed by atoms with Gasteiger partial charge in [-0.15, -0.1) is 35.0 Å². The van der Waals surface area contributed by atoms with Crippen molar-refractivity contribution in [2.45, 2.75) is 46.2 Å². The van der Waals surface area contributed by atoms with Crippen molar-refractivity contribution in [1.29, 1.82) is 0 Å². The van der Waals surface area contributed by atoms with Crippen molar-refractivity contribution >= 4 is 33.2 Å². The third-order valence-electron chi connectivity index (χ3n) is 3.81. The molecule has 0 unspecified atom stereocenters. The molecule has 0 saturated carbocycles. The molecular weight excluding hydrogens is 442 g/mol. The molecule has 0 heterocycles. The van der Waals surface area contributed by atoms with Crippen LogP contribution in [-0.4, -0.2) is 5.43 Å². The van der Waals surface area contributed by atoms with E-state index in [1.807, 2.05) is 0 Å². The molecule has 0 aliphatic carbocycles. The fraction of sp³-hybridized carbons (Fsp3) is 0.333. The van der Waals surface area contributed by atoms with E-state index in [0.29, 0.717) is 5.41 Å². The Morgan fingerprint density at radius 2 is 1.60 bits per heavy atom. The number of hydrogen-bond acceptors (Lipinski definition) is 0. The van der Waals surface area contributed by atoms with Crippen molar-refractivity contribution in [1.82, 2.24) is 0 Å². The fourth-order valence-corrected chi connectivity index (χ4v) is 2.18. The topological polar surface area (TPSA) is 0 Å². The Hall–Kier alpha value is -0.140. The Bertz CT molecular complexity index is 775. The van der Waals surface area contributed by atoms with Gasteiger partial charge in [0.05, 0.1) is 0 Å². The molecule has 25 heavy (non-hydrogen) atoms. The summed E-state index contributed by atoms with van der Waals surface area (Å²) in [5.41, 5.74) is 2.89. The van der Waals surface area contributed by atoms with E-state index in [2.05, 4.69) is 101 Å². The molecule has 0 amide bonds. The molecule has 0 fully saturated rings. The van der Waals surface area contributed by atoms with Gasteiger partial charge in [0.25, 0.3) is 0 Å². The summed E-state index contributed by atoms with van der Waals surface area (Å²) in [4.78, 5) is 0. The second kappa shape index (κ2) is 10.9. The maximum Gasteiger partial charge on any atom is -0.0809 e. The predicted molar refractivity (Wildman–Crippen MR) is 114 cm³/mol. The van der Waals surface area contributed by atoms with Crippen LogP contribution < -0.4 is 0 Å². The van der Waals surface area contributed by atoms with Gasteiger partial charge in [0.1, 0.15) is 0 Å². The molecule has 3 aromatic rings. The summed E-state index contributed by atoms with van der Waals surface area (Å²) in [7, 11) is 11.2. The minimum absolute atomic E-state index is 0.224. The van der Waals surface area contributed by atoms with Crippen LogP contribution in [0.15, 0.2) is 60.7 Å². The molecule has 0 atom stereocenters. The number of fused-ring (bicyclic) bond motifs is 1. The molecule has 0 aromatic heterocycles. The predicted octanol–water partition coefficient (Wildman–Crippen LogP) is 7.73. The van der Waals surface area contributed by atoms with Crippen LogP contribution in [0.1, 0.15) is 31.9 Å². The minimum atomic E-state index is -1.65. The van der Waals surface area contributed by atoms with Crippen LogP contribution in [0.5, 0.6) is 0 Å². The number of halogens is 2. The normalized spacial score (nSPS) is 10.4. The summed E-state index contributed by atoms with van der Waals surface area (Å²) in [5, 5.41) is 2.72. The molecule has 0 radical (unpaired) electrons. The monoisotopic (exact) mass is 468 g/mol. The number of benzene rings is 1. The zero-order chi connectivity index (χ0) is 19.0. The van der Waals surface area contributed by atoms with E-state index in [1.54, 1.807) is 0 Å². The van der Waals surface area contributed by atoms with Gasteiger partial charge in [-0.05, 0) is 0 Å². The first-order chi connectivity index (χ1) is 11.6. The molecular formula is C21H28Cl2SiZr-2. The molecule has 0 aliphatic heterocycles. The second-order valence-corrected chi connectivity index (χ2v) is 30.3. The standard InChI is InChI=1S/C10H9.C9H13.C2H6Si.2ClH.Zr/c1-8-6-7-9-4-2-3-5-10(8)9;1-9(2,3)8-6-4-5-7-8;1-3-2;;;/h2-7H,1H3;4-7H,1-3H3;1-2H3;2*1H;/q2*-1;;;;+2/p-2. The molecule has 4 heteroatoms. The van der Waals surface area contributed by atoms with Crippen LogP contribution in [-0.2, 0) is 23.4 Å². The minimum Gasteiger partial charge on any atom is -0.156 e. The quantitative estimate of drug-likeness (QED) is 0.233. The molecule has 3 rings (SSSR count). The van der Waals surface area contributed by atoms with Gasteiger partial charge >= 0.3 is 53.5 Å². The molecule has 136 valence electrons. The van der Waals surface area contributed by atoms with Crippen molar-refractivity contribution < 1.29 is 18.0 Å². The van der Waals surface area contributed by atoms with E-state index >= 15 is 0 Å². The summed E-state index contributed by atoms with van der Waals surface area (Å²) in [6.07, 6.45) is 0. The molecule has 3 aromatic carbocycles. The van der Waals surface area contributed by atoms with Crippen LogP contribution in [0.4, 0.5) is 0 Å². The fourth-order valence-electron chi connectivity index (χ4n) is 2.18. The number of rotatable bonds is 0. The van der Waals surface area contributed by atoms with Crippen LogP contribution in [0, 0.1) is 6.92 Å². The van der Waals surface area contributed by atoms with Crippen LogP contribution >= 0.6 is 17.0 Å². The van der Waals surface area contributed by atoms with Gasteiger partial charge in [-0.25, -0.2) is 6.07 Å². The van der Waals surface area contributed by atoms with Crippen molar-refractivity contribution in [3.05, 3.63) is 71.8 Å². The summed E-state index contributed by atoms with van der Waals surface area (Å²) < 4.78 is 0. The van der Waals surface area contributed by atoms with Gasteiger partial charge in [0.2, 0.25) is 0 Å². The smallest absolute Gasteiger partial charge is 0.0809 e. The van der Waals surface area contributed by atoms with Crippen molar-refractivity contribution in [3.8, 4) is 0 Å². The molecule has 0 spiro atoms. The van der Waals surface area contributed by atoms with Crippen LogP contribution in [0.2, 0.25) is 13.1 Å². The Morgan fingerprint density at radius 3 is 2.00 bits per heavy atom. The van der Waals surface area contributed by atoms with Gasteiger partial charge in [-0.2, -0.15) is 35.4 Å². The second-order valence-electron chi connectivity index (χ2n) is 7.29. The van der Waals surface area contributed by atoms with E-state index in [0.717, 1.165) is 0 Å². The molecule has 0 N–H and O–H groups in total. The Kier molecular flexibility index (Phi) is 9.96. The zero-order valence-corrected chi connectivity index (χ0v) is 21.0. The summed E-state index contributed by atoms with van der Waals surface area (Å²) in [6.45, 7) is 13.1. The third-order valence-corrected chi connectivity index (χ3v) is 23.6. The van der Waals surface area contributed by atoms with Gasteiger partial charge < -0.3 is 0 Å². The number of aryl methyl sites for hydroxylation is 1. The molecule has 0 saturated heterocycles. The van der Waals surface area contributed by atoms with E-state index in [1.165, 1.54) is 21.9 Å². The van der Waals surface area contributed by atoms with Crippen molar-refractivity contribution in [2.24, 2.45) is 0 Å². The summed E-state index contributed by atoms with van der Waals surface area (Å²) in [5.74, 6) is 0. The maximum atomic E-state index is 5.62. The van der Waals surface area contributed by atoms with E-state index in [9.17, 15) is 0 Å². The number of hydrogen-bond donors (Lipinski definition) is 0. The van der Waals surface area contributed by atoms with Gasteiger partial charge in [-0.1, -0.05) is 39.2 Å². The first-order valence-corrected chi connectivity index (χ1v) is 21.0. The first-order valence-electron chi connectivity index (χ1n) is 8.44. The Morgan fingerprint density at radius 1 is 1.00 bits per heavy atom. The third kappa shape index (κ3) is 8.39. The molecule has 0 aliphatic rings. The molecule has 0 nitrogen and oxygen atoms in total. The van der Waals surface area contributed by atoms with E-state index in [4.69, 9.17) is 17.0 Å². The van der Waals surface area contributed by atoms with Gasteiger partial charge in [0.15, 0.2) is 0 Å². The van der Waals surface area contributed by atoms with E-state index < -0.39 is 18.0 Å². The van der Waals surface area contributed by atoms with Gasteiger partial charge in [-0.3, -0.25) is 0 Å². The average Bonchev–Trinajstić information content (AvgIpc) is 3.19. The van der Waals surface area contributed by atoms with Crippen molar-refractivity contribution in [3.63, 3.8) is 0 Å². The van der Waals surface area contributed by atoms with Crippen LogP contribution in [0.3, 0.4) is 0 Å². The van der Waals surface area contributed by atoms with Crippen molar-refractivity contribution in [2.75, 3.05) is 0 Å². The van der Waals surface area contributed by atoms with Crippen LogP contribution in [0.25, 0.3) is 10.8 Å². The maximum absolute atomic E-state index is 5.62. The summed E-state index contributed by atoms with van der Waals surface area (Å²) >= 11 is -1.65.